The molecule has 0 bridgehead atoms. The monoisotopic (exact) mass is 528 g/mol. The third kappa shape index (κ3) is 5.84. The number of sulfonamides is 1. The molecule has 2 aromatic rings. The number of halogens is 4. The zero-order valence-electron chi connectivity index (χ0n) is 19.3. The quantitative estimate of drug-likeness (QED) is 0.507. The highest BCUT2D eigenvalue weighted by atomic mass is 35.5. The number of alkyl halides is 3. The van der Waals surface area contributed by atoms with Crippen molar-refractivity contribution in [3.63, 3.8) is 0 Å². The van der Waals surface area contributed by atoms with Crippen LogP contribution >= 0.6 is 11.6 Å². The van der Waals surface area contributed by atoms with Crippen LogP contribution in [0.1, 0.15) is 43.2 Å². The molecule has 1 amide bonds. The first-order valence-electron chi connectivity index (χ1n) is 11.6. The van der Waals surface area contributed by atoms with E-state index < -0.39 is 46.7 Å². The van der Waals surface area contributed by atoms with Crippen molar-refractivity contribution in [2.45, 2.75) is 74.6 Å². The van der Waals surface area contributed by atoms with Crippen molar-refractivity contribution in [1.82, 2.24) is 9.21 Å². The van der Waals surface area contributed by atoms with E-state index in [9.17, 15) is 26.4 Å². The molecule has 35 heavy (non-hydrogen) atoms. The summed E-state index contributed by atoms with van der Waals surface area (Å²) < 4.78 is 69.9. The summed E-state index contributed by atoms with van der Waals surface area (Å²) in [6, 6.07) is 11.2. The van der Waals surface area contributed by atoms with Crippen LogP contribution in [0.4, 0.5) is 13.2 Å². The molecule has 0 radical (unpaired) electrons. The van der Waals surface area contributed by atoms with Gasteiger partial charge in [0.1, 0.15) is 12.2 Å². The second-order valence-corrected chi connectivity index (χ2v) is 11.7. The Hall–Kier alpha value is -2.10. The zero-order chi connectivity index (χ0) is 25.4. The predicted molar refractivity (Wildman–Crippen MR) is 128 cm³/mol. The maximum atomic E-state index is 14.6. The molecular weight excluding hydrogens is 501 g/mol. The molecule has 0 unspecified atom stereocenters. The van der Waals surface area contributed by atoms with E-state index in [-0.39, 0.29) is 43.5 Å². The van der Waals surface area contributed by atoms with Crippen molar-refractivity contribution < 1.29 is 26.4 Å². The van der Waals surface area contributed by atoms with Gasteiger partial charge in [-0.1, -0.05) is 41.4 Å². The number of hydrogen-bond acceptors (Lipinski definition) is 3. The molecule has 190 valence electrons. The molecule has 5 nitrogen and oxygen atoms in total. The van der Waals surface area contributed by atoms with Gasteiger partial charge in [0.25, 0.3) is 0 Å². The first-order valence-corrected chi connectivity index (χ1v) is 13.4. The van der Waals surface area contributed by atoms with E-state index in [0.29, 0.717) is 5.02 Å². The molecule has 2 atom stereocenters. The highest BCUT2D eigenvalue weighted by Crippen LogP contribution is 2.37. The second kappa shape index (κ2) is 10.1. The van der Waals surface area contributed by atoms with Gasteiger partial charge in [-0.15, -0.1) is 0 Å². The van der Waals surface area contributed by atoms with Gasteiger partial charge < -0.3 is 4.90 Å². The van der Waals surface area contributed by atoms with Gasteiger partial charge >= 0.3 is 0 Å². The number of amides is 1. The topological polar surface area (TPSA) is 57.7 Å². The summed E-state index contributed by atoms with van der Waals surface area (Å²) in [7, 11) is -4.14. The summed E-state index contributed by atoms with van der Waals surface area (Å²) >= 11 is 5.97. The molecule has 10 heteroatoms. The van der Waals surface area contributed by atoms with E-state index in [1.807, 2.05) is 6.92 Å². The summed E-state index contributed by atoms with van der Waals surface area (Å²) in [5, 5.41) is 0.510. The van der Waals surface area contributed by atoms with Crippen molar-refractivity contribution in [1.29, 1.82) is 0 Å². The molecular formula is C25H28ClF3N2O3S. The highest BCUT2D eigenvalue weighted by molar-refractivity contribution is 7.89. The number of rotatable bonds is 6. The van der Waals surface area contributed by atoms with Crippen LogP contribution in [0.15, 0.2) is 53.4 Å². The molecule has 1 saturated carbocycles. The number of carbonyl (C=O) groups excluding carboxylic acids is 1. The maximum Gasteiger partial charge on any atom is 0.248 e. The molecule has 1 saturated heterocycles. The SMILES string of the molecule is Cc1ccc(S(=O)(=O)N2C[C@@H](F)C[C@H]2C(=O)N(Cc2ccc(Cl)cc2)C2CCC(F)(F)CC2)cc1. The van der Waals surface area contributed by atoms with Crippen LogP contribution in [-0.4, -0.2) is 54.3 Å². The summed E-state index contributed by atoms with van der Waals surface area (Å²) in [5.41, 5.74) is 1.59. The van der Waals surface area contributed by atoms with Crippen LogP contribution in [0.2, 0.25) is 5.02 Å². The lowest BCUT2D eigenvalue weighted by Crippen LogP contribution is -2.52. The average Bonchev–Trinajstić information content (AvgIpc) is 3.21. The number of nitrogens with zero attached hydrogens (tertiary/aromatic N) is 2. The first-order chi connectivity index (χ1) is 16.5. The minimum atomic E-state index is -4.14. The Labute approximate surface area is 208 Å². The van der Waals surface area contributed by atoms with Crippen LogP contribution in [0, 0.1) is 6.92 Å². The Balaban J connectivity index is 1.64. The summed E-state index contributed by atoms with van der Waals surface area (Å²) in [6.07, 6.45) is -2.32. The summed E-state index contributed by atoms with van der Waals surface area (Å²) in [5.74, 6) is -3.35. The molecule has 1 aliphatic carbocycles. The number of benzene rings is 2. The molecule has 2 aliphatic rings. The Morgan fingerprint density at radius 3 is 2.29 bits per heavy atom. The molecule has 4 rings (SSSR count). The Morgan fingerprint density at radius 1 is 1.09 bits per heavy atom. The fraction of sp³-hybridized carbons (Fsp3) is 0.480. The first kappa shape index (κ1) is 26.0. The standard InChI is InChI=1S/C25H28ClF3N2O3S/c1-17-2-8-22(9-3-17)35(33,34)31-16-20(27)14-23(31)24(32)30(15-18-4-6-19(26)7-5-18)21-10-12-25(28,29)13-11-21/h2-9,20-21,23H,10-16H2,1H3/t20-,23-/m0/s1. The molecule has 1 aliphatic heterocycles. The predicted octanol–water partition coefficient (Wildman–Crippen LogP) is 5.36. The number of carbonyl (C=O) groups is 1. The van der Waals surface area contributed by atoms with Gasteiger partial charge in [0.15, 0.2) is 0 Å². The van der Waals surface area contributed by atoms with Crippen LogP contribution in [0.25, 0.3) is 0 Å². The van der Waals surface area contributed by atoms with E-state index in [4.69, 9.17) is 11.6 Å². The summed E-state index contributed by atoms with van der Waals surface area (Å²) in [6.45, 7) is 1.49. The lowest BCUT2D eigenvalue weighted by molar-refractivity contribution is -0.141. The van der Waals surface area contributed by atoms with Gasteiger partial charge in [-0.05, 0) is 49.6 Å². The normalized spacial score (nSPS) is 23.3. The Morgan fingerprint density at radius 2 is 1.69 bits per heavy atom. The van der Waals surface area contributed by atoms with Gasteiger partial charge in [-0.3, -0.25) is 4.79 Å². The third-order valence-electron chi connectivity index (χ3n) is 6.79. The van der Waals surface area contributed by atoms with Crippen LogP contribution in [0.5, 0.6) is 0 Å². The van der Waals surface area contributed by atoms with E-state index in [1.165, 1.54) is 17.0 Å². The lowest BCUT2D eigenvalue weighted by Gasteiger charge is -2.39. The minimum Gasteiger partial charge on any atom is -0.334 e. The van der Waals surface area contributed by atoms with Gasteiger partial charge in [-0.2, -0.15) is 4.31 Å². The fourth-order valence-electron chi connectivity index (χ4n) is 4.79. The van der Waals surface area contributed by atoms with Crippen LogP contribution in [-0.2, 0) is 21.4 Å². The van der Waals surface area contributed by atoms with Crippen molar-refractivity contribution >= 4 is 27.5 Å². The Bertz CT molecular complexity index is 1150. The van der Waals surface area contributed by atoms with E-state index in [2.05, 4.69) is 0 Å². The number of aryl methyl sites for hydroxylation is 1. The number of hydrogen-bond donors (Lipinski definition) is 0. The molecule has 2 fully saturated rings. The van der Waals surface area contributed by atoms with Crippen LogP contribution < -0.4 is 0 Å². The zero-order valence-corrected chi connectivity index (χ0v) is 20.9. The summed E-state index contributed by atoms with van der Waals surface area (Å²) in [4.78, 5) is 15.2. The molecule has 1 heterocycles. The second-order valence-electron chi connectivity index (χ2n) is 9.42. The smallest absolute Gasteiger partial charge is 0.248 e. The van der Waals surface area contributed by atoms with Gasteiger partial charge in [0, 0.05) is 43.4 Å². The fourth-order valence-corrected chi connectivity index (χ4v) is 6.54. The van der Waals surface area contributed by atoms with Crippen molar-refractivity contribution in [2.75, 3.05) is 6.54 Å². The van der Waals surface area contributed by atoms with Crippen molar-refractivity contribution in [3.05, 3.63) is 64.7 Å². The molecule has 0 aromatic heterocycles. The van der Waals surface area contributed by atoms with E-state index >= 15 is 0 Å². The third-order valence-corrected chi connectivity index (χ3v) is 8.93. The molecule has 0 N–H and O–H groups in total. The van der Waals surface area contributed by atoms with Gasteiger partial charge in [-0.25, -0.2) is 21.6 Å². The lowest BCUT2D eigenvalue weighted by atomic mass is 9.90. The minimum absolute atomic E-state index is 0.0171. The van der Waals surface area contributed by atoms with E-state index in [1.54, 1.807) is 36.4 Å². The maximum absolute atomic E-state index is 14.6. The molecule has 2 aromatic carbocycles. The van der Waals surface area contributed by atoms with Crippen molar-refractivity contribution in [2.24, 2.45) is 0 Å². The van der Waals surface area contributed by atoms with Crippen LogP contribution in [0.3, 0.4) is 0 Å². The van der Waals surface area contributed by atoms with Gasteiger partial charge in [0.05, 0.1) is 4.90 Å². The van der Waals surface area contributed by atoms with Gasteiger partial charge in [0.2, 0.25) is 21.9 Å². The highest BCUT2D eigenvalue weighted by Gasteiger charge is 2.47. The molecule has 0 spiro atoms. The largest absolute Gasteiger partial charge is 0.334 e. The Kier molecular flexibility index (Phi) is 7.50. The van der Waals surface area contributed by atoms with Crippen molar-refractivity contribution in [3.8, 4) is 0 Å². The average molecular weight is 529 g/mol. The van der Waals surface area contributed by atoms with E-state index in [0.717, 1.165) is 15.4 Å².